The maximum atomic E-state index is 12.9. The highest BCUT2D eigenvalue weighted by Gasteiger charge is 2.51. The van der Waals surface area contributed by atoms with Gasteiger partial charge >= 0.3 is 35.8 Å². The van der Waals surface area contributed by atoms with Crippen molar-refractivity contribution in [2.24, 2.45) is 0 Å². The number of carbonyl (C=O) groups excluding carboxylic acids is 6. The van der Waals surface area contributed by atoms with Gasteiger partial charge in [-0.1, -0.05) is 37.4 Å². The fraction of sp³-hybridized carbons (Fsp3) is 0.350. The number of benzene rings is 2. The first kappa shape index (κ1) is 40.9. The van der Waals surface area contributed by atoms with Gasteiger partial charge in [0.05, 0.1) is 50.8 Å². The molecule has 2 aliphatic heterocycles. The normalized spacial score (nSPS) is 18.7. The van der Waals surface area contributed by atoms with Gasteiger partial charge in [0.1, 0.15) is 12.2 Å². The Balaban J connectivity index is 1.15. The van der Waals surface area contributed by atoms with Crippen LogP contribution in [0.4, 0.5) is 0 Å². The van der Waals surface area contributed by atoms with Crippen molar-refractivity contribution in [2.45, 2.75) is 50.1 Å². The minimum absolute atomic E-state index is 0.0622. The number of fused-ring (bicyclic) bond motifs is 1. The molecule has 0 amide bonds. The molecule has 2 aromatic rings. The van der Waals surface area contributed by atoms with Gasteiger partial charge < -0.3 is 37.9 Å². The molecule has 2 fully saturated rings. The number of carbonyl (C=O) groups is 6. The van der Waals surface area contributed by atoms with E-state index in [9.17, 15) is 28.8 Å². The quantitative estimate of drug-likeness (QED) is 0.0808. The Morgan fingerprint density at radius 2 is 0.870 bits per heavy atom. The molecule has 54 heavy (non-hydrogen) atoms. The van der Waals surface area contributed by atoms with Crippen LogP contribution < -0.4 is 0 Å². The van der Waals surface area contributed by atoms with Gasteiger partial charge in [0.25, 0.3) is 0 Å². The zero-order valence-corrected chi connectivity index (χ0v) is 29.6. The Labute approximate surface area is 312 Å². The summed E-state index contributed by atoms with van der Waals surface area (Å²) in [6.45, 7) is 7.54. The van der Waals surface area contributed by atoms with Crippen molar-refractivity contribution < 1.29 is 66.7 Å². The molecule has 2 heterocycles. The van der Waals surface area contributed by atoms with E-state index in [1.807, 2.05) is 0 Å². The smallest absolute Gasteiger partial charge is 0.338 e. The average molecular weight is 747 g/mol. The van der Waals surface area contributed by atoms with Crippen molar-refractivity contribution in [3.05, 3.63) is 108 Å². The van der Waals surface area contributed by atoms with E-state index in [0.29, 0.717) is 36.8 Å². The molecule has 0 saturated carbocycles. The van der Waals surface area contributed by atoms with Gasteiger partial charge in [-0.25, -0.2) is 28.8 Å². The summed E-state index contributed by atoms with van der Waals surface area (Å²) in [6.07, 6.45) is 7.31. The standard InChI is InChI=1S/C40H42O14/c1-3-33(41)47-21-5-7-23-49-35(43)19-13-27-9-15-29(16-10-27)39(45)53-31-25-51-38-32(26-52-37(31)38)54-40(46)30-17-11-28(12-18-30)14-20-36(44)50-24-8-6-22-48-34(42)4-2/h3-4,9-20,31-32,37-38H,1-2,5-8,21-26H2/b19-13+,20-14+/t31-,32?,37+,38+/m0/s1. The Morgan fingerprint density at radius 3 is 1.20 bits per heavy atom. The Kier molecular flexibility index (Phi) is 16.4. The number of rotatable bonds is 20. The number of hydrogen-bond donors (Lipinski definition) is 0. The molecule has 0 aliphatic carbocycles. The van der Waals surface area contributed by atoms with E-state index in [0.717, 1.165) is 12.2 Å². The fourth-order valence-corrected chi connectivity index (χ4v) is 5.14. The van der Waals surface area contributed by atoms with Gasteiger partial charge in [0.15, 0.2) is 12.2 Å². The maximum absolute atomic E-state index is 12.9. The molecule has 0 aromatic heterocycles. The average Bonchev–Trinajstić information content (AvgIpc) is 3.78. The fourth-order valence-electron chi connectivity index (χ4n) is 5.14. The monoisotopic (exact) mass is 746 g/mol. The van der Waals surface area contributed by atoms with Crippen molar-refractivity contribution in [1.29, 1.82) is 0 Å². The topological polar surface area (TPSA) is 176 Å². The molecular weight excluding hydrogens is 704 g/mol. The predicted molar refractivity (Wildman–Crippen MR) is 192 cm³/mol. The number of esters is 6. The summed E-state index contributed by atoms with van der Waals surface area (Å²) >= 11 is 0. The first-order valence-electron chi connectivity index (χ1n) is 17.3. The van der Waals surface area contributed by atoms with Crippen LogP contribution in [0.1, 0.15) is 57.5 Å². The molecule has 14 nitrogen and oxygen atoms in total. The lowest BCUT2D eigenvalue weighted by molar-refractivity contribution is -0.140. The van der Waals surface area contributed by atoms with E-state index in [2.05, 4.69) is 13.2 Å². The third-order valence-corrected chi connectivity index (χ3v) is 7.98. The predicted octanol–water partition coefficient (Wildman–Crippen LogP) is 4.37. The first-order chi connectivity index (χ1) is 26.2. The van der Waals surface area contributed by atoms with Crippen LogP contribution >= 0.6 is 0 Å². The lowest BCUT2D eigenvalue weighted by Gasteiger charge is -2.17. The molecule has 0 bridgehead atoms. The van der Waals surface area contributed by atoms with Gasteiger partial charge in [-0.3, -0.25) is 0 Å². The largest absolute Gasteiger partial charge is 0.463 e. The molecule has 2 aliphatic rings. The maximum Gasteiger partial charge on any atom is 0.338 e. The number of unbranched alkanes of at least 4 members (excludes halogenated alkanes) is 2. The van der Waals surface area contributed by atoms with Gasteiger partial charge in [-0.2, -0.15) is 0 Å². The van der Waals surface area contributed by atoms with Gasteiger partial charge in [0.2, 0.25) is 0 Å². The van der Waals surface area contributed by atoms with Crippen molar-refractivity contribution in [1.82, 2.24) is 0 Å². The van der Waals surface area contributed by atoms with E-state index < -0.39 is 60.2 Å². The number of hydrogen-bond acceptors (Lipinski definition) is 14. The summed E-state index contributed by atoms with van der Waals surface area (Å²) in [4.78, 5) is 71.7. The van der Waals surface area contributed by atoms with Crippen LogP contribution in [-0.4, -0.2) is 99.9 Å². The van der Waals surface area contributed by atoms with E-state index in [4.69, 9.17) is 37.9 Å². The third-order valence-electron chi connectivity index (χ3n) is 7.98. The summed E-state index contributed by atoms with van der Waals surface area (Å²) < 4.78 is 42.9. The molecule has 0 spiro atoms. The molecular formula is C40H42O14. The highest BCUT2D eigenvalue weighted by molar-refractivity contribution is 5.91. The second kappa shape index (κ2) is 21.6. The SMILES string of the molecule is C=CC(=O)OCCCCOC(=O)/C=C/c1ccc(C(=O)OC2CO[C@@H]3[C@@H](OC(=O)c4ccc(/C=C/C(=O)OCCCCOC(=O)C=C)cc4)CO[C@H]23)cc1. The van der Waals surface area contributed by atoms with Crippen LogP contribution in [0.15, 0.2) is 86.0 Å². The molecule has 286 valence electrons. The Hall–Kier alpha value is -5.86. The van der Waals surface area contributed by atoms with Gasteiger partial charge in [0, 0.05) is 24.3 Å². The number of ether oxygens (including phenoxy) is 8. The van der Waals surface area contributed by atoms with Crippen LogP contribution in [0.3, 0.4) is 0 Å². The molecule has 4 rings (SSSR count). The second-order valence-electron chi connectivity index (χ2n) is 11.9. The van der Waals surface area contributed by atoms with Crippen LogP contribution in [0, 0.1) is 0 Å². The minimum atomic E-state index is -0.714. The highest BCUT2D eigenvalue weighted by atomic mass is 16.7. The van der Waals surface area contributed by atoms with E-state index >= 15 is 0 Å². The zero-order chi connectivity index (χ0) is 38.7. The summed E-state index contributed by atoms with van der Waals surface area (Å²) in [7, 11) is 0. The first-order valence-corrected chi connectivity index (χ1v) is 17.3. The lowest BCUT2D eigenvalue weighted by Crippen LogP contribution is -2.36. The molecule has 0 radical (unpaired) electrons. The summed E-state index contributed by atoms with van der Waals surface area (Å²) in [5, 5.41) is 0. The lowest BCUT2D eigenvalue weighted by atomic mass is 10.1. The summed E-state index contributed by atoms with van der Waals surface area (Å²) in [5.74, 6) is -3.24. The van der Waals surface area contributed by atoms with Crippen LogP contribution in [0.25, 0.3) is 12.2 Å². The van der Waals surface area contributed by atoms with Crippen LogP contribution in [0.5, 0.6) is 0 Å². The van der Waals surface area contributed by atoms with E-state index in [1.165, 1.54) is 12.2 Å². The van der Waals surface area contributed by atoms with Crippen molar-refractivity contribution >= 4 is 48.0 Å². The molecule has 4 atom stereocenters. The minimum Gasteiger partial charge on any atom is -0.463 e. The van der Waals surface area contributed by atoms with E-state index in [-0.39, 0.29) is 50.8 Å². The molecule has 14 heteroatoms. The van der Waals surface area contributed by atoms with Crippen LogP contribution in [-0.2, 0) is 57.1 Å². The van der Waals surface area contributed by atoms with Crippen molar-refractivity contribution in [3.63, 3.8) is 0 Å². The molecule has 2 aromatic carbocycles. The Bertz CT molecular complexity index is 1570. The van der Waals surface area contributed by atoms with Gasteiger partial charge in [-0.15, -0.1) is 0 Å². The molecule has 1 unspecified atom stereocenters. The third kappa shape index (κ3) is 13.3. The van der Waals surface area contributed by atoms with Crippen molar-refractivity contribution in [2.75, 3.05) is 39.6 Å². The summed E-state index contributed by atoms with van der Waals surface area (Å²) in [6, 6.07) is 12.9. The zero-order valence-electron chi connectivity index (χ0n) is 29.6. The highest BCUT2D eigenvalue weighted by Crippen LogP contribution is 2.31. The second-order valence-corrected chi connectivity index (χ2v) is 11.9. The van der Waals surface area contributed by atoms with Gasteiger partial charge in [-0.05, 0) is 73.2 Å². The molecule has 2 saturated heterocycles. The van der Waals surface area contributed by atoms with E-state index in [1.54, 1.807) is 60.7 Å². The van der Waals surface area contributed by atoms with Crippen LogP contribution in [0.2, 0.25) is 0 Å². The molecule has 0 N–H and O–H groups in total. The van der Waals surface area contributed by atoms with Crippen molar-refractivity contribution in [3.8, 4) is 0 Å². The summed E-state index contributed by atoms with van der Waals surface area (Å²) in [5.41, 5.74) is 1.89. The Morgan fingerprint density at radius 1 is 0.537 bits per heavy atom.